The van der Waals surface area contributed by atoms with Crippen molar-refractivity contribution in [3.63, 3.8) is 0 Å². The quantitative estimate of drug-likeness (QED) is 0.621. The van der Waals surface area contributed by atoms with Crippen LogP contribution >= 0.6 is 0 Å². The molecule has 0 unspecified atom stereocenters. The third-order valence-corrected chi connectivity index (χ3v) is 2.36. The first-order valence-electron chi connectivity index (χ1n) is 5.65. The van der Waals surface area contributed by atoms with Crippen LogP contribution in [-0.4, -0.2) is 18.5 Å². The van der Waals surface area contributed by atoms with Crippen LogP contribution in [-0.2, 0) is 9.53 Å². The summed E-state index contributed by atoms with van der Waals surface area (Å²) in [5.74, 6) is -5.47. The SMILES string of the molecule is CCOC(=O)C(F)(F)/C=C(\C#N)c1ccc(C)cc1. The van der Waals surface area contributed by atoms with Gasteiger partial charge in [-0.2, -0.15) is 14.0 Å². The van der Waals surface area contributed by atoms with Crippen molar-refractivity contribution >= 4 is 11.5 Å². The molecule has 0 bridgehead atoms. The van der Waals surface area contributed by atoms with E-state index in [-0.39, 0.29) is 12.2 Å². The van der Waals surface area contributed by atoms with E-state index >= 15 is 0 Å². The number of hydrogen-bond acceptors (Lipinski definition) is 3. The summed E-state index contributed by atoms with van der Waals surface area (Å²) in [5.41, 5.74) is 1.01. The molecule has 1 aromatic rings. The van der Waals surface area contributed by atoms with Gasteiger partial charge in [0.2, 0.25) is 0 Å². The van der Waals surface area contributed by atoms with Crippen molar-refractivity contribution in [1.29, 1.82) is 5.26 Å². The molecule has 0 aliphatic heterocycles. The first kappa shape index (κ1) is 14.8. The molecule has 19 heavy (non-hydrogen) atoms. The van der Waals surface area contributed by atoms with Crippen LogP contribution in [0.15, 0.2) is 30.3 Å². The van der Waals surface area contributed by atoms with Gasteiger partial charge in [-0.25, -0.2) is 4.79 Å². The lowest BCUT2D eigenvalue weighted by atomic mass is 10.0. The van der Waals surface area contributed by atoms with E-state index in [4.69, 9.17) is 5.26 Å². The fourth-order valence-electron chi connectivity index (χ4n) is 1.38. The van der Waals surface area contributed by atoms with E-state index in [1.807, 2.05) is 6.92 Å². The first-order chi connectivity index (χ1) is 8.90. The Balaban J connectivity index is 3.09. The van der Waals surface area contributed by atoms with Crippen LogP contribution in [0.5, 0.6) is 0 Å². The van der Waals surface area contributed by atoms with Crippen LogP contribution in [0, 0.1) is 18.3 Å². The summed E-state index contributed by atoms with van der Waals surface area (Å²) in [6, 6.07) is 8.15. The number of aryl methyl sites for hydroxylation is 1. The van der Waals surface area contributed by atoms with Crippen molar-refractivity contribution in [2.24, 2.45) is 0 Å². The summed E-state index contributed by atoms with van der Waals surface area (Å²) in [7, 11) is 0. The molecule has 0 atom stereocenters. The zero-order valence-electron chi connectivity index (χ0n) is 10.6. The number of alkyl halides is 2. The van der Waals surface area contributed by atoms with Crippen LogP contribution in [0.3, 0.4) is 0 Å². The van der Waals surface area contributed by atoms with Crippen molar-refractivity contribution in [3.05, 3.63) is 41.5 Å². The Bertz CT molecular complexity index is 527. The van der Waals surface area contributed by atoms with E-state index in [1.54, 1.807) is 30.3 Å². The van der Waals surface area contributed by atoms with Crippen LogP contribution in [0.2, 0.25) is 0 Å². The normalized spacial score (nSPS) is 11.8. The van der Waals surface area contributed by atoms with Crippen molar-refractivity contribution in [1.82, 2.24) is 0 Å². The number of allylic oxidation sites excluding steroid dienone is 1. The lowest BCUT2D eigenvalue weighted by molar-refractivity contribution is -0.164. The van der Waals surface area contributed by atoms with Gasteiger partial charge in [0, 0.05) is 6.08 Å². The molecule has 0 saturated heterocycles. The number of halogens is 2. The fourth-order valence-corrected chi connectivity index (χ4v) is 1.38. The minimum Gasteiger partial charge on any atom is -0.461 e. The number of benzene rings is 1. The predicted molar refractivity (Wildman–Crippen MR) is 66.3 cm³/mol. The minimum atomic E-state index is -3.81. The molecule has 1 aromatic carbocycles. The lowest BCUT2D eigenvalue weighted by Gasteiger charge is -2.11. The van der Waals surface area contributed by atoms with E-state index in [0.717, 1.165) is 5.56 Å². The summed E-state index contributed by atoms with van der Waals surface area (Å²) in [4.78, 5) is 11.1. The van der Waals surface area contributed by atoms with Crippen LogP contribution in [0.25, 0.3) is 5.57 Å². The largest absolute Gasteiger partial charge is 0.461 e. The van der Waals surface area contributed by atoms with Gasteiger partial charge >= 0.3 is 11.9 Å². The van der Waals surface area contributed by atoms with Crippen LogP contribution in [0.4, 0.5) is 8.78 Å². The van der Waals surface area contributed by atoms with Gasteiger partial charge < -0.3 is 4.74 Å². The van der Waals surface area contributed by atoms with Crippen molar-refractivity contribution in [3.8, 4) is 6.07 Å². The molecule has 0 saturated carbocycles. The zero-order valence-corrected chi connectivity index (χ0v) is 10.6. The molecule has 3 nitrogen and oxygen atoms in total. The zero-order chi connectivity index (χ0) is 14.5. The fraction of sp³-hybridized carbons (Fsp3) is 0.286. The molecule has 0 aromatic heterocycles. The van der Waals surface area contributed by atoms with Gasteiger partial charge in [-0.1, -0.05) is 29.8 Å². The molecule has 100 valence electrons. The van der Waals surface area contributed by atoms with Crippen molar-refractivity contribution in [2.75, 3.05) is 6.61 Å². The number of hydrogen-bond donors (Lipinski definition) is 0. The first-order valence-corrected chi connectivity index (χ1v) is 5.65. The van der Waals surface area contributed by atoms with Gasteiger partial charge in [0.05, 0.1) is 18.2 Å². The van der Waals surface area contributed by atoms with Gasteiger partial charge in [-0.3, -0.25) is 0 Å². The molecule has 5 heteroatoms. The molecule has 0 aliphatic carbocycles. The highest BCUT2D eigenvalue weighted by Gasteiger charge is 2.38. The maximum atomic E-state index is 13.5. The average Bonchev–Trinajstić information content (AvgIpc) is 2.37. The number of nitriles is 1. The second kappa shape index (κ2) is 6.10. The van der Waals surface area contributed by atoms with E-state index in [2.05, 4.69) is 4.74 Å². The Morgan fingerprint density at radius 1 is 1.42 bits per heavy atom. The van der Waals surface area contributed by atoms with Crippen molar-refractivity contribution < 1.29 is 18.3 Å². The second-order valence-electron chi connectivity index (χ2n) is 3.88. The minimum absolute atomic E-state index is 0.144. The van der Waals surface area contributed by atoms with Gasteiger partial charge in [0.1, 0.15) is 0 Å². The summed E-state index contributed by atoms with van der Waals surface area (Å²) >= 11 is 0. The highest BCUT2D eigenvalue weighted by Crippen LogP contribution is 2.24. The van der Waals surface area contributed by atoms with Crippen molar-refractivity contribution in [2.45, 2.75) is 19.8 Å². The monoisotopic (exact) mass is 265 g/mol. The molecule has 0 amide bonds. The Labute approximate surface area is 110 Å². The third kappa shape index (κ3) is 3.88. The topological polar surface area (TPSA) is 50.1 Å². The van der Waals surface area contributed by atoms with E-state index in [9.17, 15) is 13.6 Å². The number of carbonyl (C=O) groups excluding carboxylic acids is 1. The van der Waals surface area contributed by atoms with E-state index in [1.165, 1.54) is 6.92 Å². The molecule has 0 radical (unpaired) electrons. The van der Waals surface area contributed by atoms with Crippen LogP contribution < -0.4 is 0 Å². The van der Waals surface area contributed by atoms with E-state index in [0.29, 0.717) is 11.6 Å². The summed E-state index contributed by atoms with van der Waals surface area (Å²) in [6.07, 6.45) is 0.329. The van der Waals surface area contributed by atoms with Gasteiger partial charge in [0.15, 0.2) is 0 Å². The summed E-state index contributed by atoms with van der Waals surface area (Å²) in [6.45, 7) is 3.13. The van der Waals surface area contributed by atoms with Gasteiger partial charge in [-0.05, 0) is 19.4 Å². The Kier molecular flexibility index (Phi) is 4.76. The average molecular weight is 265 g/mol. The third-order valence-electron chi connectivity index (χ3n) is 2.36. The molecular formula is C14H13F2NO2. The van der Waals surface area contributed by atoms with Gasteiger partial charge in [0.25, 0.3) is 0 Å². The standard InChI is InChI=1S/C14H13F2NO2/c1-3-19-13(18)14(15,16)8-12(9-17)11-6-4-10(2)5-7-11/h4-8H,3H2,1-2H3/b12-8+. The maximum absolute atomic E-state index is 13.5. The van der Waals surface area contributed by atoms with Crippen LogP contribution in [0.1, 0.15) is 18.1 Å². The number of nitrogens with zero attached hydrogens (tertiary/aromatic N) is 1. The number of ether oxygens (including phenoxy) is 1. The lowest BCUT2D eigenvalue weighted by Crippen LogP contribution is -2.28. The smallest absolute Gasteiger partial charge is 0.381 e. The molecule has 0 fully saturated rings. The molecule has 1 rings (SSSR count). The number of esters is 1. The molecule has 0 heterocycles. The Morgan fingerprint density at radius 2 is 2.00 bits per heavy atom. The predicted octanol–water partition coefficient (Wildman–Crippen LogP) is 3.10. The molecular weight excluding hydrogens is 252 g/mol. The second-order valence-corrected chi connectivity index (χ2v) is 3.88. The highest BCUT2D eigenvalue weighted by atomic mass is 19.3. The molecule has 0 aliphatic rings. The molecule has 0 N–H and O–H groups in total. The number of carbonyl (C=O) groups is 1. The summed E-state index contributed by atoms with van der Waals surface area (Å²) < 4.78 is 31.3. The summed E-state index contributed by atoms with van der Waals surface area (Å²) in [5, 5.41) is 8.92. The van der Waals surface area contributed by atoms with Gasteiger partial charge in [-0.15, -0.1) is 0 Å². The Hall–Kier alpha value is -2.22. The molecule has 0 spiro atoms. The maximum Gasteiger partial charge on any atom is 0.381 e. The number of rotatable bonds is 4. The van der Waals surface area contributed by atoms with E-state index < -0.39 is 11.9 Å². The Morgan fingerprint density at radius 3 is 2.47 bits per heavy atom. The highest BCUT2D eigenvalue weighted by molar-refractivity contribution is 5.86.